The highest BCUT2D eigenvalue weighted by molar-refractivity contribution is 5.77. The molecule has 2 aromatic rings. The fraction of sp³-hybridized carbons (Fsp3) is 0.417. The summed E-state index contributed by atoms with van der Waals surface area (Å²) >= 11 is 0. The average Bonchev–Trinajstić information content (AvgIpc) is 2.65. The third kappa shape index (κ3) is 4.78. The first-order valence-corrected chi connectivity index (χ1v) is 9.90. The van der Waals surface area contributed by atoms with Crippen molar-refractivity contribution < 1.29 is 19.1 Å². The van der Waals surface area contributed by atoms with Gasteiger partial charge in [-0.2, -0.15) is 0 Å². The third-order valence-electron chi connectivity index (χ3n) is 6.10. The largest absolute Gasteiger partial charge is 0.493 e. The van der Waals surface area contributed by atoms with E-state index in [1.807, 2.05) is 19.1 Å². The number of ether oxygens (including phenoxy) is 1. The number of hydrogen-bond acceptors (Lipinski definition) is 4. The molecular weight excluding hydrogens is 368 g/mol. The Morgan fingerprint density at radius 3 is 2.76 bits per heavy atom. The molecule has 0 spiro atoms. The van der Waals surface area contributed by atoms with Gasteiger partial charge in [-0.05, 0) is 56.2 Å². The number of carbonyl (C=O) groups is 1. The van der Waals surface area contributed by atoms with Crippen LogP contribution in [0.4, 0.5) is 0 Å². The second kappa shape index (κ2) is 8.27. The van der Waals surface area contributed by atoms with Gasteiger partial charge in [0.2, 0.25) is 0 Å². The summed E-state index contributed by atoms with van der Waals surface area (Å²) in [6, 6.07) is 8.56. The molecule has 0 aliphatic heterocycles. The smallest absolute Gasteiger partial charge is 0.336 e. The molecule has 3 unspecified atom stereocenters. The Morgan fingerprint density at radius 1 is 1.34 bits per heavy atom. The van der Waals surface area contributed by atoms with Crippen molar-refractivity contribution in [3.05, 3.63) is 64.6 Å². The van der Waals surface area contributed by atoms with E-state index in [4.69, 9.17) is 9.15 Å². The monoisotopic (exact) mass is 396 g/mol. The maximum atomic E-state index is 11.5. The van der Waals surface area contributed by atoms with Crippen LogP contribution in [0.5, 0.6) is 5.75 Å². The Hall–Kier alpha value is -2.82. The fourth-order valence-corrected chi connectivity index (χ4v) is 4.31. The zero-order valence-corrected chi connectivity index (χ0v) is 17.2. The predicted octanol–water partition coefficient (Wildman–Crippen LogP) is 5.20. The topological polar surface area (TPSA) is 76.7 Å². The lowest BCUT2D eigenvalue weighted by Gasteiger charge is -2.44. The number of carboxylic acid groups (broad SMARTS) is 1. The number of fused-ring (bicyclic) bond motifs is 1. The molecule has 5 nitrogen and oxygen atoms in total. The van der Waals surface area contributed by atoms with Crippen molar-refractivity contribution in [1.29, 1.82) is 0 Å². The van der Waals surface area contributed by atoms with E-state index in [2.05, 4.69) is 26.5 Å². The fourth-order valence-electron chi connectivity index (χ4n) is 4.31. The first kappa shape index (κ1) is 20.9. The second-order valence-electron chi connectivity index (χ2n) is 8.43. The van der Waals surface area contributed by atoms with Crippen LogP contribution in [0, 0.1) is 17.3 Å². The SMILES string of the molecule is C=C(C)C1C=C(C)C(COc2ccc3ccc(=O)oc3c2)C(C)(CCC(=O)O)C1. The van der Waals surface area contributed by atoms with Crippen LogP contribution >= 0.6 is 0 Å². The van der Waals surface area contributed by atoms with Crippen LogP contribution in [-0.4, -0.2) is 17.7 Å². The minimum Gasteiger partial charge on any atom is -0.493 e. The van der Waals surface area contributed by atoms with E-state index in [9.17, 15) is 14.7 Å². The Labute approximate surface area is 170 Å². The van der Waals surface area contributed by atoms with Crippen molar-refractivity contribution in [2.24, 2.45) is 17.3 Å². The molecule has 0 amide bonds. The molecule has 0 fully saturated rings. The third-order valence-corrected chi connectivity index (χ3v) is 6.10. The van der Waals surface area contributed by atoms with Crippen molar-refractivity contribution >= 4 is 16.9 Å². The van der Waals surface area contributed by atoms with Crippen molar-refractivity contribution in [2.75, 3.05) is 6.61 Å². The van der Waals surface area contributed by atoms with Crippen molar-refractivity contribution in [2.45, 2.75) is 40.0 Å². The normalized spacial score (nSPS) is 24.2. The van der Waals surface area contributed by atoms with Crippen LogP contribution in [0.3, 0.4) is 0 Å². The highest BCUT2D eigenvalue weighted by Gasteiger charge is 2.41. The first-order valence-electron chi connectivity index (χ1n) is 9.90. The van der Waals surface area contributed by atoms with E-state index in [0.29, 0.717) is 24.4 Å². The maximum Gasteiger partial charge on any atom is 0.336 e. The van der Waals surface area contributed by atoms with Gasteiger partial charge in [-0.15, -0.1) is 0 Å². The molecule has 154 valence electrons. The van der Waals surface area contributed by atoms with E-state index in [1.165, 1.54) is 11.6 Å². The van der Waals surface area contributed by atoms with Crippen LogP contribution in [0.1, 0.15) is 40.0 Å². The lowest BCUT2D eigenvalue weighted by molar-refractivity contribution is -0.138. The van der Waals surface area contributed by atoms with E-state index in [1.54, 1.807) is 12.1 Å². The number of rotatable bonds is 7. The molecule has 3 rings (SSSR count). The van der Waals surface area contributed by atoms with E-state index >= 15 is 0 Å². The van der Waals surface area contributed by atoms with Gasteiger partial charge in [0.15, 0.2) is 0 Å². The molecule has 0 saturated carbocycles. The van der Waals surface area contributed by atoms with Crippen LogP contribution in [0.25, 0.3) is 11.0 Å². The lowest BCUT2D eigenvalue weighted by Crippen LogP contribution is -2.38. The Balaban J connectivity index is 1.83. The maximum absolute atomic E-state index is 11.5. The van der Waals surface area contributed by atoms with Crippen LogP contribution in [0.15, 0.2) is 63.3 Å². The van der Waals surface area contributed by atoms with Crippen LogP contribution in [-0.2, 0) is 4.79 Å². The summed E-state index contributed by atoms with van der Waals surface area (Å²) in [5.74, 6) is 0.188. The number of benzene rings is 1. The lowest BCUT2D eigenvalue weighted by atomic mass is 9.61. The summed E-state index contributed by atoms with van der Waals surface area (Å²) in [6.07, 6.45) is 3.80. The number of aliphatic carboxylic acids is 1. The van der Waals surface area contributed by atoms with Crippen molar-refractivity contribution in [1.82, 2.24) is 0 Å². The summed E-state index contributed by atoms with van der Waals surface area (Å²) in [7, 11) is 0. The molecule has 1 aromatic carbocycles. The quantitative estimate of drug-likeness (QED) is 0.514. The molecule has 1 aromatic heterocycles. The van der Waals surface area contributed by atoms with Gasteiger partial charge in [0.25, 0.3) is 0 Å². The molecule has 3 atom stereocenters. The van der Waals surface area contributed by atoms with Gasteiger partial charge in [0.1, 0.15) is 11.3 Å². The van der Waals surface area contributed by atoms with Crippen LogP contribution in [0.2, 0.25) is 0 Å². The molecule has 29 heavy (non-hydrogen) atoms. The zero-order chi connectivity index (χ0) is 21.2. The van der Waals surface area contributed by atoms with Gasteiger partial charge in [0.05, 0.1) is 6.61 Å². The predicted molar refractivity (Wildman–Crippen MR) is 113 cm³/mol. The minimum atomic E-state index is -0.783. The highest BCUT2D eigenvalue weighted by Crippen LogP contribution is 2.48. The van der Waals surface area contributed by atoms with Gasteiger partial charge < -0.3 is 14.3 Å². The summed E-state index contributed by atoms with van der Waals surface area (Å²) in [6.45, 7) is 10.8. The molecule has 1 heterocycles. The molecule has 1 aliphatic rings. The second-order valence-corrected chi connectivity index (χ2v) is 8.43. The Kier molecular flexibility index (Phi) is 5.96. The molecule has 0 bridgehead atoms. The molecule has 1 N–H and O–H groups in total. The molecule has 5 heteroatoms. The first-order chi connectivity index (χ1) is 13.7. The standard InChI is InChI=1S/C24H28O5/c1-15(2)18-11-16(3)20(24(4,13-18)10-9-22(25)26)14-28-19-7-5-17-6-8-23(27)29-21(17)12-19/h5-8,11-12,18,20H,1,9-10,13-14H2,2-4H3,(H,25,26). The zero-order valence-electron chi connectivity index (χ0n) is 17.2. The van der Waals surface area contributed by atoms with Gasteiger partial charge in [-0.3, -0.25) is 4.79 Å². The number of allylic oxidation sites excluding steroid dienone is 2. The van der Waals surface area contributed by atoms with E-state index in [-0.39, 0.29) is 23.7 Å². The Bertz CT molecular complexity index is 1020. The average molecular weight is 396 g/mol. The summed E-state index contributed by atoms with van der Waals surface area (Å²) in [5, 5.41) is 10.1. The summed E-state index contributed by atoms with van der Waals surface area (Å²) in [5.41, 5.74) is 2.18. The molecule has 0 radical (unpaired) electrons. The van der Waals surface area contributed by atoms with Gasteiger partial charge in [-0.1, -0.05) is 30.7 Å². The number of carboxylic acids is 1. The molecule has 1 aliphatic carbocycles. The summed E-state index contributed by atoms with van der Waals surface area (Å²) in [4.78, 5) is 22.7. The highest BCUT2D eigenvalue weighted by atomic mass is 16.5. The van der Waals surface area contributed by atoms with Gasteiger partial charge in [-0.25, -0.2) is 4.79 Å². The summed E-state index contributed by atoms with van der Waals surface area (Å²) < 4.78 is 11.3. The van der Waals surface area contributed by atoms with Crippen molar-refractivity contribution in [3.8, 4) is 5.75 Å². The minimum absolute atomic E-state index is 0.0935. The van der Waals surface area contributed by atoms with Gasteiger partial charge in [0, 0.05) is 29.9 Å². The number of hydrogen-bond donors (Lipinski definition) is 1. The molecular formula is C24H28O5. The van der Waals surface area contributed by atoms with Crippen LogP contribution < -0.4 is 10.4 Å². The Morgan fingerprint density at radius 2 is 2.07 bits per heavy atom. The van der Waals surface area contributed by atoms with Crippen molar-refractivity contribution in [3.63, 3.8) is 0 Å². The van der Waals surface area contributed by atoms with E-state index < -0.39 is 11.6 Å². The van der Waals surface area contributed by atoms with E-state index in [0.717, 1.165) is 17.4 Å². The molecule has 0 saturated heterocycles. The van der Waals surface area contributed by atoms with Gasteiger partial charge >= 0.3 is 11.6 Å².